The molecule has 116 valence electrons. The summed E-state index contributed by atoms with van der Waals surface area (Å²) in [6, 6.07) is 6.17. The Morgan fingerprint density at radius 2 is 1.90 bits per heavy atom. The minimum atomic E-state index is 0.0427. The molecule has 0 spiro atoms. The van der Waals surface area contributed by atoms with Crippen LogP contribution < -0.4 is 10.1 Å². The molecule has 2 rings (SSSR count). The van der Waals surface area contributed by atoms with Gasteiger partial charge in [0.25, 0.3) is 0 Å². The van der Waals surface area contributed by atoms with Crippen LogP contribution in [-0.2, 0) is 0 Å². The van der Waals surface area contributed by atoms with Crippen LogP contribution in [0.15, 0.2) is 18.2 Å². The Morgan fingerprint density at radius 3 is 2.57 bits per heavy atom. The zero-order valence-corrected chi connectivity index (χ0v) is 13.2. The van der Waals surface area contributed by atoms with Gasteiger partial charge in [0.15, 0.2) is 0 Å². The number of ether oxygens (including phenoxy) is 1. The zero-order chi connectivity index (χ0) is 15.1. The number of likely N-dealkylation sites (tertiary alicyclic amines) is 1. The summed E-state index contributed by atoms with van der Waals surface area (Å²) in [6.45, 7) is 6.91. The number of urea groups is 1. The van der Waals surface area contributed by atoms with Crippen LogP contribution >= 0.6 is 0 Å². The highest BCUT2D eigenvalue weighted by molar-refractivity contribution is 5.74. The molecule has 0 saturated carbocycles. The van der Waals surface area contributed by atoms with Crippen LogP contribution in [-0.4, -0.2) is 37.2 Å². The number of amides is 2. The standard InChI is InChI=1S/C17H26N2O2/c1-14-7-8-16(15(2)13-14)21-12-9-18-17(20)19-10-5-3-4-6-11-19/h7-8,13H,3-6,9-12H2,1-2H3,(H,18,20). The number of carbonyl (C=O) groups excluding carboxylic acids is 1. The highest BCUT2D eigenvalue weighted by Gasteiger charge is 2.14. The molecule has 4 nitrogen and oxygen atoms in total. The maximum absolute atomic E-state index is 12.0. The van der Waals surface area contributed by atoms with E-state index in [2.05, 4.69) is 18.3 Å². The van der Waals surface area contributed by atoms with Crippen LogP contribution in [0, 0.1) is 13.8 Å². The maximum Gasteiger partial charge on any atom is 0.317 e. The fourth-order valence-corrected chi connectivity index (χ4v) is 2.67. The second-order valence-electron chi connectivity index (χ2n) is 5.75. The van der Waals surface area contributed by atoms with Gasteiger partial charge in [-0.15, -0.1) is 0 Å². The molecule has 1 N–H and O–H groups in total. The van der Waals surface area contributed by atoms with E-state index in [0.717, 1.165) is 37.2 Å². The molecule has 2 amide bonds. The number of aryl methyl sites for hydroxylation is 2. The summed E-state index contributed by atoms with van der Waals surface area (Å²) in [5.41, 5.74) is 2.36. The van der Waals surface area contributed by atoms with E-state index in [4.69, 9.17) is 4.74 Å². The molecule has 0 bridgehead atoms. The lowest BCUT2D eigenvalue weighted by molar-refractivity contribution is 0.196. The van der Waals surface area contributed by atoms with Crippen molar-refractivity contribution in [2.75, 3.05) is 26.2 Å². The van der Waals surface area contributed by atoms with Gasteiger partial charge in [-0.2, -0.15) is 0 Å². The molecule has 1 aromatic rings. The molecule has 0 radical (unpaired) electrons. The van der Waals surface area contributed by atoms with Crippen LogP contribution in [0.4, 0.5) is 4.79 Å². The number of nitrogens with zero attached hydrogens (tertiary/aromatic N) is 1. The van der Waals surface area contributed by atoms with E-state index in [1.165, 1.54) is 18.4 Å². The van der Waals surface area contributed by atoms with Gasteiger partial charge < -0.3 is 15.0 Å². The van der Waals surface area contributed by atoms with Crippen molar-refractivity contribution >= 4 is 6.03 Å². The van der Waals surface area contributed by atoms with Gasteiger partial charge in [0, 0.05) is 13.1 Å². The van der Waals surface area contributed by atoms with Gasteiger partial charge in [0.2, 0.25) is 0 Å². The van der Waals surface area contributed by atoms with Crippen molar-refractivity contribution in [3.05, 3.63) is 29.3 Å². The first-order valence-corrected chi connectivity index (χ1v) is 7.89. The van der Waals surface area contributed by atoms with E-state index in [-0.39, 0.29) is 6.03 Å². The third-order valence-corrected chi connectivity index (χ3v) is 3.86. The summed E-state index contributed by atoms with van der Waals surface area (Å²) >= 11 is 0. The molecule has 0 aliphatic carbocycles. The van der Waals surface area contributed by atoms with Crippen molar-refractivity contribution in [2.45, 2.75) is 39.5 Å². The summed E-state index contributed by atoms with van der Waals surface area (Å²) in [6.07, 6.45) is 4.71. The summed E-state index contributed by atoms with van der Waals surface area (Å²) in [4.78, 5) is 14.0. The van der Waals surface area contributed by atoms with Gasteiger partial charge in [-0.1, -0.05) is 30.5 Å². The van der Waals surface area contributed by atoms with Crippen molar-refractivity contribution in [1.82, 2.24) is 10.2 Å². The Labute approximate surface area is 127 Å². The number of benzene rings is 1. The summed E-state index contributed by atoms with van der Waals surface area (Å²) < 4.78 is 5.72. The quantitative estimate of drug-likeness (QED) is 0.865. The fraction of sp³-hybridized carbons (Fsp3) is 0.588. The average Bonchev–Trinajstić information content (AvgIpc) is 2.74. The number of hydrogen-bond acceptors (Lipinski definition) is 2. The van der Waals surface area contributed by atoms with Crippen molar-refractivity contribution < 1.29 is 9.53 Å². The van der Waals surface area contributed by atoms with Crippen LogP contribution in [0.5, 0.6) is 5.75 Å². The highest BCUT2D eigenvalue weighted by Crippen LogP contribution is 2.18. The molecule has 1 aliphatic heterocycles. The Kier molecular flexibility index (Phi) is 5.90. The second-order valence-corrected chi connectivity index (χ2v) is 5.75. The van der Waals surface area contributed by atoms with Crippen molar-refractivity contribution in [1.29, 1.82) is 0 Å². The highest BCUT2D eigenvalue weighted by atomic mass is 16.5. The molecular weight excluding hydrogens is 264 g/mol. The van der Waals surface area contributed by atoms with E-state index in [1.807, 2.05) is 24.0 Å². The molecule has 4 heteroatoms. The third kappa shape index (κ3) is 4.96. The minimum absolute atomic E-state index is 0.0427. The monoisotopic (exact) mass is 290 g/mol. The number of nitrogens with one attached hydrogen (secondary N) is 1. The first kappa shape index (κ1) is 15.7. The SMILES string of the molecule is Cc1ccc(OCCNC(=O)N2CCCCCC2)c(C)c1. The lowest BCUT2D eigenvalue weighted by Gasteiger charge is -2.20. The Balaban J connectivity index is 1.70. The normalized spacial score (nSPS) is 15.4. The first-order chi connectivity index (χ1) is 10.2. The fourth-order valence-electron chi connectivity index (χ4n) is 2.67. The summed E-state index contributed by atoms with van der Waals surface area (Å²) in [5.74, 6) is 0.893. The molecular formula is C17H26N2O2. The number of carbonyl (C=O) groups is 1. The van der Waals surface area contributed by atoms with Gasteiger partial charge in [0.1, 0.15) is 12.4 Å². The van der Waals surface area contributed by atoms with Gasteiger partial charge >= 0.3 is 6.03 Å². The number of hydrogen-bond donors (Lipinski definition) is 1. The van der Waals surface area contributed by atoms with E-state index in [0.29, 0.717) is 13.2 Å². The predicted molar refractivity (Wildman–Crippen MR) is 84.9 cm³/mol. The Morgan fingerprint density at radius 1 is 1.19 bits per heavy atom. The topological polar surface area (TPSA) is 41.6 Å². The van der Waals surface area contributed by atoms with E-state index in [9.17, 15) is 4.79 Å². The molecule has 1 aliphatic rings. The third-order valence-electron chi connectivity index (χ3n) is 3.86. The molecule has 1 aromatic carbocycles. The van der Waals surface area contributed by atoms with Gasteiger partial charge in [-0.05, 0) is 38.3 Å². The maximum atomic E-state index is 12.0. The number of rotatable bonds is 4. The average molecular weight is 290 g/mol. The van der Waals surface area contributed by atoms with Crippen LogP contribution in [0.3, 0.4) is 0 Å². The van der Waals surface area contributed by atoms with E-state index in [1.54, 1.807) is 0 Å². The predicted octanol–water partition coefficient (Wildman–Crippen LogP) is 3.27. The van der Waals surface area contributed by atoms with Gasteiger partial charge in [-0.25, -0.2) is 4.79 Å². The van der Waals surface area contributed by atoms with Crippen LogP contribution in [0.25, 0.3) is 0 Å². The van der Waals surface area contributed by atoms with Crippen LogP contribution in [0.2, 0.25) is 0 Å². The summed E-state index contributed by atoms with van der Waals surface area (Å²) in [7, 11) is 0. The second kappa shape index (κ2) is 7.91. The largest absolute Gasteiger partial charge is 0.491 e. The molecule has 1 saturated heterocycles. The van der Waals surface area contributed by atoms with Crippen molar-refractivity contribution in [3.8, 4) is 5.75 Å². The molecule has 21 heavy (non-hydrogen) atoms. The lowest BCUT2D eigenvalue weighted by Crippen LogP contribution is -2.41. The first-order valence-electron chi connectivity index (χ1n) is 7.89. The van der Waals surface area contributed by atoms with Crippen molar-refractivity contribution in [3.63, 3.8) is 0 Å². The molecule has 1 fully saturated rings. The van der Waals surface area contributed by atoms with Crippen LogP contribution in [0.1, 0.15) is 36.8 Å². The summed E-state index contributed by atoms with van der Waals surface area (Å²) in [5, 5.41) is 2.94. The lowest BCUT2D eigenvalue weighted by atomic mass is 10.1. The van der Waals surface area contributed by atoms with E-state index < -0.39 is 0 Å². The Bertz CT molecular complexity index is 466. The molecule has 1 heterocycles. The Hall–Kier alpha value is -1.71. The van der Waals surface area contributed by atoms with Gasteiger partial charge in [-0.3, -0.25) is 0 Å². The smallest absolute Gasteiger partial charge is 0.317 e. The minimum Gasteiger partial charge on any atom is -0.491 e. The zero-order valence-electron chi connectivity index (χ0n) is 13.2. The van der Waals surface area contributed by atoms with Gasteiger partial charge in [0.05, 0.1) is 6.54 Å². The molecule has 0 aromatic heterocycles. The van der Waals surface area contributed by atoms with E-state index >= 15 is 0 Å². The molecule has 0 atom stereocenters. The molecule has 0 unspecified atom stereocenters. The van der Waals surface area contributed by atoms with Crippen molar-refractivity contribution in [2.24, 2.45) is 0 Å².